The highest BCUT2D eigenvalue weighted by Gasteiger charge is 2.19. The number of nitrogens with one attached hydrogen (secondary N) is 1. The van der Waals surface area contributed by atoms with Gasteiger partial charge in [-0.15, -0.1) is 0 Å². The van der Waals surface area contributed by atoms with Crippen LogP contribution in [0.5, 0.6) is 0 Å². The van der Waals surface area contributed by atoms with E-state index in [4.69, 9.17) is 5.26 Å². The summed E-state index contributed by atoms with van der Waals surface area (Å²) in [5.41, 5.74) is 2.05. The fraction of sp³-hybridized carbons (Fsp3) is 0.429. The van der Waals surface area contributed by atoms with Gasteiger partial charge in [0.1, 0.15) is 0 Å². The van der Waals surface area contributed by atoms with E-state index < -0.39 is 6.10 Å². The molecule has 1 aliphatic heterocycles. The fourth-order valence-corrected chi connectivity index (χ4v) is 2.25. The average molecular weight is 259 g/mol. The molecule has 0 saturated carbocycles. The van der Waals surface area contributed by atoms with E-state index >= 15 is 0 Å². The van der Waals surface area contributed by atoms with E-state index in [1.54, 1.807) is 25.1 Å². The molecule has 1 aromatic rings. The standard InChI is InChI=1S/C14H17N3O2/c1-10(18)12-4-3-11(8-15)7-13(12)17-6-2-5-16-14(19)9-17/h3-4,7,10,18H,2,5-6,9H2,1H3,(H,16,19)/t10-/m1/s1. The van der Waals surface area contributed by atoms with Crippen molar-refractivity contribution in [2.45, 2.75) is 19.4 Å². The quantitative estimate of drug-likeness (QED) is 0.828. The molecule has 0 bridgehead atoms. The number of nitrogens with zero attached hydrogens (tertiary/aromatic N) is 2. The molecule has 19 heavy (non-hydrogen) atoms. The van der Waals surface area contributed by atoms with Gasteiger partial charge in [0.05, 0.1) is 24.3 Å². The van der Waals surface area contributed by atoms with Crippen molar-refractivity contribution in [1.29, 1.82) is 5.26 Å². The van der Waals surface area contributed by atoms with E-state index in [0.29, 0.717) is 12.1 Å². The molecule has 1 heterocycles. The van der Waals surface area contributed by atoms with Crippen molar-refractivity contribution >= 4 is 11.6 Å². The predicted octanol–water partition coefficient (Wildman–Crippen LogP) is 0.938. The molecule has 1 amide bonds. The third-order valence-electron chi connectivity index (χ3n) is 3.21. The Morgan fingerprint density at radius 1 is 1.53 bits per heavy atom. The van der Waals surface area contributed by atoms with E-state index in [-0.39, 0.29) is 12.5 Å². The third-order valence-corrected chi connectivity index (χ3v) is 3.21. The first kappa shape index (κ1) is 13.4. The van der Waals surface area contributed by atoms with Gasteiger partial charge in [-0.2, -0.15) is 5.26 Å². The highest BCUT2D eigenvalue weighted by Crippen LogP contribution is 2.28. The third kappa shape index (κ3) is 3.04. The maximum Gasteiger partial charge on any atom is 0.239 e. The lowest BCUT2D eigenvalue weighted by molar-refractivity contribution is -0.119. The molecule has 5 heteroatoms. The first-order chi connectivity index (χ1) is 9.11. The molecule has 2 N–H and O–H groups in total. The van der Waals surface area contributed by atoms with Crippen molar-refractivity contribution < 1.29 is 9.90 Å². The van der Waals surface area contributed by atoms with Crippen LogP contribution in [0.3, 0.4) is 0 Å². The second-order valence-corrected chi connectivity index (χ2v) is 4.69. The number of rotatable bonds is 2. The smallest absolute Gasteiger partial charge is 0.239 e. The van der Waals surface area contributed by atoms with Gasteiger partial charge in [-0.3, -0.25) is 4.79 Å². The SMILES string of the molecule is C[C@@H](O)c1ccc(C#N)cc1N1CCCNC(=O)C1. The number of hydrogen-bond acceptors (Lipinski definition) is 4. The molecule has 0 aromatic heterocycles. The number of hydrogen-bond donors (Lipinski definition) is 2. The Morgan fingerprint density at radius 3 is 3.00 bits per heavy atom. The summed E-state index contributed by atoms with van der Waals surface area (Å²) in [5.74, 6) is -0.0311. The summed E-state index contributed by atoms with van der Waals surface area (Å²) in [6.45, 7) is 3.34. The molecule has 5 nitrogen and oxygen atoms in total. The fourth-order valence-electron chi connectivity index (χ4n) is 2.25. The number of aliphatic hydroxyl groups is 1. The van der Waals surface area contributed by atoms with Gasteiger partial charge < -0.3 is 15.3 Å². The monoisotopic (exact) mass is 259 g/mol. The van der Waals surface area contributed by atoms with E-state index in [2.05, 4.69) is 11.4 Å². The molecular formula is C14H17N3O2. The zero-order chi connectivity index (χ0) is 13.8. The van der Waals surface area contributed by atoms with Crippen molar-refractivity contribution in [3.8, 4) is 6.07 Å². The molecule has 0 aliphatic carbocycles. The van der Waals surface area contributed by atoms with Crippen LogP contribution < -0.4 is 10.2 Å². The zero-order valence-electron chi connectivity index (χ0n) is 10.9. The first-order valence-electron chi connectivity index (χ1n) is 6.35. The topological polar surface area (TPSA) is 76.4 Å². The molecule has 1 atom stereocenters. The van der Waals surface area contributed by atoms with Crippen LogP contribution >= 0.6 is 0 Å². The van der Waals surface area contributed by atoms with Gasteiger partial charge in [0.2, 0.25) is 5.91 Å². The number of carbonyl (C=O) groups is 1. The van der Waals surface area contributed by atoms with Crippen LogP contribution in [0, 0.1) is 11.3 Å². The highest BCUT2D eigenvalue weighted by molar-refractivity contribution is 5.82. The molecule has 1 aliphatic rings. The molecule has 1 fully saturated rings. The lowest BCUT2D eigenvalue weighted by atomic mass is 10.0. The first-order valence-corrected chi connectivity index (χ1v) is 6.35. The number of aliphatic hydroxyl groups excluding tert-OH is 1. The molecule has 0 unspecified atom stereocenters. The van der Waals surface area contributed by atoms with Crippen molar-refractivity contribution in [2.24, 2.45) is 0 Å². The minimum absolute atomic E-state index is 0.0311. The minimum atomic E-state index is -0.631. The van der Waals surface area contributed by atoms with Crippen LogP contribution in [-0.4, -0.2) is 30.6 Å². The molecule has 2 rings (SSSR count). The highest BCUT2D eigenvalue weighted by atomic mass is 16.3. The predicted molar refractivity (Wildman–Crippen MR) is 71.6 cm³/mol. The summed E-state index contributed by atoms with van der Waals surface area (Å²) in [6, 6.07) is 7.26. The molecule has 100 valence electrons. The van der Waals surface area contributed by atoms with E-state index in [0.717, 1.165) is 24.2 Å². The lowest BCUT2D eigenvalue weighted by Crippen LogP contribution is -2.33. The van der Waals surface area contributed by atoms with E-state index in [1.165, 1.54) is 0 Å². The number of benzene rings is 1. The van der Waals surface area contributed by atoms with Crippen LogP contribution in [0.25, 0.3) is 0 Å². The van der Waals surface area contributed by atoms with Crippen LogP contribution in [0.2, 0.25) is 0 Å². The van der Waals surface area contributed by atoms with Crippen molar-refractivity contribution in [1.82, 2.24) is 5.32 Å². The molecule has 1 aromatic carbocycles. The molecular weight excluding hydrogens is 242 g/mol. The van der Waals surface area contributed by atoms with Crippen LogP contribution in [0.4, 0.5) is 5.69 Å². The summed E-state index contributed by atoms with van der Waals surface area (Å²) in [4.78, 5) is 13.5. The van der Waals surface area contributed by atoms with Gasteiger partial charge in [0.15, 0.2) is 0 Å². The number of nitriles is 1. The van der Waals surface area contributed by atoms with Gasteiger partial charge in [-0.25, -0.2) is 0 Å². The normalized spacial score (nSPS) is 17.3. The lowest BCUT2D eigenvalue weighted by Gasteiger charge is -2.25. The Balaban J connectivity index is 2.40. The summed E-state index contributed by atoms with van der Waals surface area (Å²) >= 11 is 0. The van der Waals surface area contributed by atoms with Crippen molar-refractivity contribution in [3.05, 3.63) is 29.3 Å². The van der Waals surface area contributed by atoms with E-state index in [1.807, 2.05) is 4.90 Å². The zero-order valence-corrected chi connectivity index (χ0v) is 10.9. The van der Waals surface area contributed by atoms with Crippen LogP contribution in [0.1, 0.15) is 30.6 Å². The number of anilines is 1. The second-order valence-electron chi connectivity index (χ2n) is 4.69. The summed E-state index contributed by atoms with van der Waals surface area (Å²) in [5, 5.41) is 21.6. The number of carbonyl (C=O) groups excluding carboxylic acids is 1. The van der Waals surface area contributed by atoms with Crippen LogP contribution in [-0.2, 0) is 4.79 Å². The van der Waals surface area contributed by atoms with Gasteiger partial charge in [-0.05, 0) is 25.5 Å². The van der Waals surface area contributed by atoms with Gasteiger partial charge in [0.25, 0.3) is 0 Å². The average Bonchev–Trinajstić information content (AvgIpc) is 2.62. The summed E-state index contributed by atoms with van der Waals surface area (Å²) < 4.78 is 0. The number of amides is 1. The van der Waals surface area contributed by atoms with Gasteiger partial charge in [0, 0.05) is 24.3 Å². The Labute approximate surface area is 112 Å². The Kier molecular flexibility index (Phi) is 4.03. The van der Waals surface area contributed by atoms with E-state index in [9.17, 15) is 9.90 Å². The summed E-state index contributed by atoms with van der Waals surface area (Å²) in [6.07, 6.45) is 0.218. The second kappa shape index (κ2) is 5.72. The molecule has 0 spiro atoms. The van der Waals surface area contributed by atoms with Gasteiger partial charge >= 0.3 is 0 Å². The Morgan fingerprint density at radius 2 is 2.32 bits per heavy atom. The minimum Gasteiger partial charge on any atom is -0.389 e. The van der Waals surface area contributed by atoms with Crippen LogP contribution in [0.15, 0.2) is 18.2 Å². The largest absolute Gasteiger partial charge is 0.389 e. The van der Waals surface area contributed by atoms with Crippen molar-refractivity contribution in [3.63, 3.8) is 0 Å². The van der Waals surface area contributed by atoms with Crippen molar-refractivity contribution in [2.75, 3.05) is 24.5 Å². The molecule has 0 radical (unpaired) electrons. The Bertz CT molecular complexity index is 520. The molecule has 1 saturated heterocycles. The Hall–Kier alpha value is -2.06. The van der Waals surface area contributed by atoms with Gasteiger partial charge in [-0.1, -0.05) is 6.07 Å². The maximum atomic E-state index is 11.6. The summed E-state index contributed by atoms with van der Waals surface area (Å²) in [7, 11) is 0. The maximum absolute atomic E-state index is 11.6.